The first-order chi connectivity index (χ1) is 11.5. The third-order valence-corrected chi connectivity index (χ3v) is 4.47. The highest BCUT2D eigenvalue weighted by Gasteiger charge is 2.24. The van der Waals surface area contributed by atoms with Gasteiger partial charge in [0.25, 0.3) is 0 Å². The number of pyridine rings is 1. The largest absolute Gasteiger partial charge is 0.379 e. The van der Waals surface area contributed by atoms with Crippen LogP contribution < -0.4 is 15.8 Å². The average Bonchev–Trinajstić information content (AvgIpc) is 2.58. The quantitative estimate of drug-likeness (QED) is 0.432. The summed E-state index contributed by atoms with van der Waals surface area (Å²) in [7, 11) is 1.56. The Labute approximate surface area is 141 Å². The monoisotopic (exact) mass is 333 g/mol. The van der Waals surface area contributed by atoms with Crippen LogP contribution in [0.2, 0.25) is 0 Å². The summed E-state index contributed by atoms with van der Waals surface area (Å²) in [6.07, 6.45) is 0.887. The maximum absolute atomic E-state index is 12.4. The maximum atomic E-state index is 12.4. The summed E-state index contributed by atoms with van der Waals surface area (Å²) in [5.74, 6) is 0. The highest BCUT2D eigenvalue weighted by molar-refractivity contribution is 5.96. The number of nitro groups is 1. The molecule has 1 aromatic carbocycles. The molecule has 130 valence electrons. The summed E-state index contributed by atoms with van der Waals surface area (Å²) in [6.45, 7) is 8.01. The number of rotatable bonds is 8. The fraction of sp³-hybridized carbons (Fsp3) is 0.471. The van der Waals surface area contributed by atoms with Gasteiger partial charge in [-0.1, -0.05) is 18.2 Å². The van der Waals surface area contributed by atoms with Gasteiger partial charge < -0.3 is 14.8 Å². The van der Waals surface area contributed by atoms with Gasteiger partial charge in [0.05, 0.1) is 30.1 Å². The van der Waals surface area contributed by atoms with Gasteiger partial charge in [-0.3, -0.25) is 14.9 Å². The number of anilines is 1. The molecule has 0 aliphatic carbocycles. The fourth-order valence-electron chi connectivity index (χ4n) is 2.98. The molecule has 2 rings (SSSR count). The molecule has 0 atom stereocenters. The Bertz CT molecular complexity index is 781. The lowest BCUT2D eigenvalue weighted by Gasteiger charge is -2.16. The highest BCUT2D eigenvalue weighted by Crippen LogP contribution is 2.29. The van der Waals surface area contributed by atoms with Gasteiger partial charge in [-0.25, -0.2) is 0 Å². The number of quaternary nitrogens is 1. The summed E-state index contributed by atoms with van der Waals surface area (Å²) in [5, 5.41) is 15.3. The van der Waals surface area contributed by atoms with Gasteiger partial charge in [-0.15, -0.1) is 0 Å². The van der Waals surface area contributed by atoms with Gasteiger partial charge in [-0.2, -0.15) is 0 Å². The van der Waals surface area contributed by atoms with Gasteiger partial charge in [-0.05, 0) is 19.9 Å². The molecule has 7 heteroatoms. The van der Waals surface area contributed by atoms with Crippen LogP contribution in [0, 0.1) is 10.1 Å². The van der Waals surface area contributed by atoms with Crippen molar-refractivity contribution in [3.8, 4) is 0 Å². The Morgan fingerprint density at radius 2 is 1.92 bits per heavy atom. The van der Waals surface area contributed by atoms with Gasteiger partial charge in [0, 0.05) is 25.4 Å². The highest BCUT2D eigenvalue weighted by atomic mass is 16.6. The number of para-hydroxylation sites is 1. The third kappa shape index (κ3) is 3.56. The second-order valence-electron chi connectivity index (χ2n) is 5.85. The predicted octanol–water partition coefficient (Wildman–Crippen LogP) is 1.17. The van der Waals surface area contributed by atoms with E-state index < -0.39 is 10.5 Å². The van der Waals surface area contributed by atoms with Crippen molar-refractivity contribution in [1.29, 1.82) is 0 Å². The smallest absolute Gasteiger partial charge is 0.357 e. The molecule has 24 heavy (non-hydrogen) atoms. The maximum Gasteiger partial charge on any atom is 0.357 e. The zero-order valence-electron chi connectivity index (χ0n) is 14.5. The molecule has 7 nitrogen and oxygen atoms in total. The molecule has 0 unspecified atom stereocenters. The zero-order chi connectivity index (χ0) is 17.7. The lowest BCUT2D eigenvalue weighted by Crippen LogP contribution is -3.11. The molecular weight excluding hydrogens is 308 g/mol. The lowest BCUT2D eigenvalue weighted by molar-refractivity contribution is -0.896. The van der Waals surface area contributed by atoms with Crippen molar-refractivity contribution < 1.29 is 9.82 Å². The fourth-order valence-corrected chi connectivity index (χ4v) is 2.98. The minimum atomic E-state index is -0.591. The molecule has 0 amide bonds. The number of aromatic nitrogens is 1. The van der Waals surface area contributed by atoms with Crippen LogP contribution in [-0.4, -0.2) is 35.7 Å². The van der Waals surface area contributed by atoms with Crippen LogP contribution >= 0.6 is 0 Å². The first kappa shape index (κ1) is 17.9. The second kappa shape index (κ2) is 7.92. The summed E-state index contributed by atoms with van der Waals surface area (Å²) < 4.78 is 1.33. The molecule has 0 aliphatic rings. The minimum absolute atomic E-state index is 0.327. The molecule has 0 saturated heterocycles. The number of hydrogen-bond donors (Lipinski definition) is 2. The van der Waals surface area contributed by atoms with E-state index in [9.17, 15) is 14.9 Å². The van der Waals surface area contributed by atoms with Crippen molar-refractivity contribution in [1.82, 2.24) is 4.57 Å². The van der Waals surface area contributed by atoms with Crippen LogP contribution in [0.4, 0.5) is 11.4 Å². The number of nitrogens with zero attached hydrogens (tertiary/aromatic N) is 2. The first-order valence-electron chi connectivity index (χ1n) is 8.34. The zero-order valence-corrected chi connectivity index (χ0v) is 14.5. The average molecular weight is 333 g/mol. The molecule has 0 bridgehead atoms. The van der Waals surface area contributed by atoms with Crippen molar-refractivity contribution >= 4 is 22.3 Å². The van der Waals surface area contributed by atoms with Gasteiger partial charge >= 0.3 is 11.2 Å². The lowest BCUT2D eigenvalue weighted by atomic mass is 10.1. The molecule has 0 radical (unpaired) electrons. The van der Waals surface area contributed by atoms with Gasteiger partial charge in [0.15, 0.2) is 0 Å². The van der Waals surface area contributed by atoms with Crippen LogP contribution in [-0.2, 0) is 7.05 Å². The van der Waals surface area contributed by atoms with Crippen LogP contribution in [0.25, 0.3) is 10.9 Å². The Kier molecular flexibility index (Phi) is 5.92. The summed E-state index contributed by atoms with van der Waals surface area (Å²) in [4.78, 5) is 24.7. The van der Waals surface area contributed by atoms with E-state index in [0.717, 1.165) is 26.1 Å². The van der Waals surface area contributed by atoms with Crippen LogP contribution in [0.5, 0.6) is 0 Å². The molecule has 1 aromatic heterocycles. The minimum Gasteiger partial charge on any atom is -0.379 e. The van der Waals surface area contributed by atoms with Crippen molar-refractivity contribution in [2.45, 2.75) is 20.3 Å². The molecule has 0 aliphatic heterocycles. The van der Waals surface area contributed by atoms with Crippen LogP contribution in [0.1, 0.15) is 20.3 Å². The topological polar surface area (TPSA) is 81.6 Å². The van der Waals surface area contributed by atoms with Crippen LogP contribution in [0.3, 0.4) is 0 Å². The number of aryl methyl sites for hydroxylation is 1. The number of nitrogens with one attached hydrogen (secondary N) is 2. The third-order valence-electron chi connectivity index (χ3n) is 4.47. The van der Waals surface area contributed by atoms with Gasteiger partial charge in [0.1, 0.15) is 5.69 Å². The van der Waals surface area contributed by atoms with E-state index in [0.29, 0.717) is 23.1 Å². The molecule has 0 fully saturated rings. The second-order valence-corrected chi connectivity index (χ2v) is 5.85. The van der Waals surface area contributed by atoms with E-state index in [1.165, 1.54) is 9.47 Å². The Morgan fingerprint density at radius 1 is 1.25 bits per heavy atom. The molecule has 0 saturated carbocycles. The SMILES string of the molecule is CC[NH+](CC)CCCNc1c([N+](=O)[O-])c(=O)n(C)c2ccccc12. The van der Waals surface area contributed by atoms with Crippen molar-refractivity contribution in [3.05, 3.63) is 44.7 Å². The predicted molar refractivity (Wildman–Crippen MR) is 95.9 cm³/mol. The molecular formula is C17H25N4O3+. The Hall–Kier alpha value is -2.41. The number of hydrogen-bond acceptors (Lipinski definition) is 4. The van der Waals surface area contributed by atoms with E-state index in [1.54, 1.807) is 19.2 Å². The standard InChI is InChI=1S/C17H24N4O3/c1-4-20(5-2)12-8-11-18-15-13-9-6-7-10-14(13)19(3)17(22)16(15)21(23)24/h6-7,9-10,18H,4-5,8,11-12H2,1-3H3/p+1. The first-order valence-corrected chi connectivity index (χ1v) is 8.34. The van der Waals surface area contributed by atoms with E-state index in [-0.39, 0.29) is 5.69 Å². The summed E-state index contributed by atoms with van der Waals surface area (Å²) >= 11 is 0. The van der Waals surface area contributed by atoms with Crippen molar-refractivity contribution in [2.75, 3.05) is 31.5 Å². The Balaban J connectivity index is 2.34. The van der Waals surface area contributed by atoms with Crippen LogP contribution in [0.15, 0.2) is 29.1 Å². The van der Waals surface area contributed by atoms with E-state index in [1.807, 2.05) is 12.1 Å². The normalized spacial score (nSPS) is 11.2. The molecule has 2 aromatic rings. The summed E-state index contributed by atoms with van der Waals surface area (Å²) in [5.41, 5.74) is 0.0418. The Morgan fingerprint density at radius 3 is 2.54 bits per heavy atom. The molecule has 1 heterocycles. The number of benzene rings is 1. The van der Waals surface area contributed by atoms with Gasteiger partial charge in [0.2, 0.25) is 0 Å². The van der Waals surface area contributed by atoms with Crippen molar-refractivity contribution in [2.24, 2.45) is 7.05 Å². The molecule has 2 N–H and O–H groups in total. The van der Waals surface area contributed by atoms with E-state index in [2.05, 4.69) is 19.2 Å². The van der Waals surface area contributed by atoms with E-state index >= 15 is 0 Å². The molecule has 0 spiro atoms. The number of fused-ring (bicyclic) bond motifs is 1. The van der Waals surface area contributed by atoms with E-state index in [4.69, 9.17) is 0 Å². The summed E-state index contributed by atoms with van der Waals surface area (Å²) in [6, 6.07) is 7.24. The van der Waals surface area contributed by atoms with Crippen molar-refractivity contribution in [3.63, 3.8) is 0 Å².